The summed E-state index contributed by atoms with van der Waals surface area (Å²) in [6.07, 6.45) is 20.3. The molecule has 2 saturated carbocycles. The molecule has 0 radical (unpaired) electrons. The van der Waals surface area contributed by atoms with Gasteiger partial charge in [0, 0.05) is 37.9 Å². The van der Waals surface area contributed by atoms with Gasteiger partial charge < -0.3 is 15.3 Å². The van der Waals surface area contributed by atoms with Gasteiger partial charge in [-0.1, -0.05) is 48.0 Å². The van der Waals surface area contributed by atoms with Crippen molar-refractivity contribution in [1.82, 2.24) is 40.1 Å². The Bertz CT molecular complexity index is 1920. The van der Waals surface area contributed by atoms with Crippen LogP contribution in [0.3, 0.4) is 0 Å². The highest BCUT2D eigenvalue weighted by Gasteiger charge is 2.41. The van der Waals surface area contributed by atoms with Gasteiger partial charge in [0.2, 0.25) is 0 Å². The molecule has 4 aliphatic rings. The lowest BCUT2D eigenvalue weighted by molar-refractivity contribution is 0.0632. The van der Waals surface area contributed by atoms with E-state index >= 15 is 0 Å². The number of carbonyl (C=O) groups excluding carboxylic acids is 1. The quantitative estimate of drug-likeness (QED) is 0.176. The fraction of sp³-hybridized carbons (Fsp3) is 0.488. The first-order valence-corrected chi connectivity index (χ1v) is 18.3. The molecule has 1 amide bonds. The van der Waals surface area contributed by atoms with Gasteiger partial charge in [0.05, 0.1) is 45.5 Å². The minimum atomic E-state index is -1.02. The first kappa shape index (κ1) is 44.7. The average molecular weight is 761 g/mol. The number of hydrogen-bond donors (Lipinski definition) is 2. The summed E-state index contributed by atoms with van der Waals surface area (Å²) in [5.74, 6) is 0.559. The summed E-state index contributed by atoms with van der Waals surface area (Å²) >= 11 is 0. The molecule has 2 aliphatic carbocycles. The van der Waals surface area contributed by atoms with E-state index in [1.54, 1.807) is 48.9 Å². The molecule has 4 aromatic rings. The number of pyridine rings is 2. The molecule has 0 unspecified atom stereocenters. The van der Waals surface area contributed by atoms with Gasteiger partial charge in [0.15, 0.2) is 0 Å². The largest absolute Gasteiger partial charge is 0.478 e. The summed E-state index contributed by atoms with van der Waals surface area (Å²) in [6.45, 7) is 3.33. The molecule has 2 aliphatic heterocycles. The van der Waals surface area contributed by atoms with Crippen LogP contribution in [-0.4, -0.2) is 78.0 Å². The monoisotopic (exact) mass is 760 g/mol. The lowest BCUT2D eigenvalue weighted by Gasteiger charge is -2.37. The number of piperidine rings is 2. The maximum atomic E-state index is 13.1. The topological polar surface area (TPSA) is 195 Å². The number of amides is 1. The number of rotatable bonds is 8. The summed E-state index contributed by atoms with van der Waals surface area (Å²) in [7, 11) is 0. The Kier molecular flexibility index (Phi) is 16.7. The van der Waals surface area contributed by atoms with Crippen molar-refractivity contribution in [3.05, 3.63) is 85.0 Å². The number of carboxylic acids is 1. The van der Waals surface area contributed by atoms with Crippen LogP contribution < -0.4 is 5.32 Å². The van der Waals surface area contributed by atoms with E-state index in [-0.39, 0.29) is 44.6 Å². The molecule has 0 aromatic carbocycles. The standard InChI is InChI=1S/C20H21N5O.C10H7N3O2.C10H16N2.3CH4/c21-13-20(12-15-3-4-15)6-10-25(11-7-20)19(26)16-2-1-8-23-18(16)17-5-9-22-14-24-17;14-10(15)7-2-1-4-12-9(7)8-3-5-11-6-13-8;11-8-10(7-9-1-2-9)3-5-12-6-4-10;;;/h1-2,5,8-9,14-15H,3-4,6-7,10-12H2;1-6H,(H,14,15);9,12H,1-7H2;3*1H4. The Morgan fingerprint density at radius 2 is 1.16 bits per heavy atom. The van der Waals surface area contributed by atoms with E-state index < -0.39 is 5.97 Å². The summed E-state index contributed by atoms with van der Waals surface area (Å²) in [4.78, 5) is 50.1. The normalized spacial score (nSPS) is 17.4. The minimum Gasteiger partial charge on any atom is -0.478 e. The van der Waals surface area contributed by atoms with Crippen LogP contribution in [0.5, 0.6) is 0 Å². The van der Waals surface area contributed by atoms with Crippen molar-refractivity contribution >= 4 is 11.9 Å². The molecule has 296 valence electrons. The highest BCUT2D eigenvalue weighted by Crippen LogP contribution is 2.46. The number of likely N-dealkylation sites (tertiary alicyclic amines) is 1. The number of nitrogens with one attached hydrogen (secondary N) is 1. The Balaban J connectivity index is 0.000000240. The molecule has 56 heavy (non-hydrogen) atoms. The van der Waals surface area contributed by atoms with Gasteiger partial charge >= 0.3 is 5.97 Å². The molecule has 13 heteroatoms. The zero-order valence-electron chi connectivity index (χ0n) is 29.8. The molecule has 0 atom stereocenters. The zero-order chi connectivity index (χ0) is 37.1. The van der Waals surface area contributed by atoms with Crippen molar-refractivity contribution in [2.45, 2.75) is 86.5 Å². The van der Waals surface area contributed by atoms with Gasteiger partial charge in [-0.15, -0.1) is 0 Å². The maximum absolute atomic E-state index is 13.1. The van der Waals surface area contributed by atoms with E-state index in [1.165, 1.54) is 57.0 Å². The van der Waals surface area contributed by atoms with Crippen LogP contribution in [0.25, 0.3) is 22.8 Å². The summed E-state index contributed by atoms with van der Waals surface area (Å²) in [5, 5.41) is 31.1. The smallest absolute Gasteiger partial charge is 0.337 e. The van der Waals surface area contributed by atoms with E-state index in [0.29, 0.717) is 41.4 Å². The highest BCUT2D eigenvalue weighted by atomic mass is 16.4. The second-order valence-corrected chi connectivity index (χ2v) is 14.4. The van der Waals surface area contributed by atoms with E-state index in [9.17, 15) is 14.9 Å². The zero-order valence-corrected chi connectivity index (χ0v) is 29.8. The molecule has 2 saturated heterocycles. The fourth-order valence-corrected chi connectivity index (χ4v) is 7.11. The SMILES string of the molecule is C.C.C.N#CC1(CC2CC2)CCN(C(=O)c2cccnc2-c2ccncn2)CC1.N#CC1(CC2CC2)CCNCC1.O=C(O)c1cccnc1-c1ccncn1. The predicted molar refractivity (Wildman–Crippen MR) is 216 cm³/mol. The van der Waals surface area contributed by atoms with Gasteiger partial charge in [0.25, 0.3) is 5.91 Å². The fourth-order valence-electron chi connectivity index (χ4n) is 7.11. The van der Waals surface area contributed by atoms with E-state index in [2.05, 4.69) is 47.4 Å². The van der Waals surface area contributed by atoms with Gasteiger partial charge in [-0.25, -0.2) is 24.7 Å². The van der Waals surface area contributed by atoms with Gasteiger partial charge in [-0.2, -0.15) is 10.5 Å². The van der Waals surface area contributed by atoms with Crippen LogP contribution in [0, 0.1) is 45.3 Å². The lowest BCUT2D eigenvalue weighted by atomic mass is 9.75. The van der Waals surface area contributed by atoms with E-state index in [1.807, 2.05) is 4.90 Å². The molecule has 2 N–H and O–H groups in total. The molecule has 4 fully saturated rings. The van der Waals surface area contributed by atoms with Crippen molar-refractivity contribution < 1.29 is 14.7 Å². The summed E-state index contributed by atoms with van der Waals surface area (Å²) in [6, 6.07) is 15.1. The van der Waals surface area contributed by atoms with Crippen molar-refractivity contribution in [2.75, 3.05) is 26.2 Å². The van der Waals surface area contributed by atoms with Crippen molar-refractivity contribution in [3.8, 4) is 34.9 Å². The van der Waals surface area contributed by atoms with Crippen molar-refractivity contribution in [2.24, 2.45) is 22.7 Å². The number of aromatic carboxylic acids is 1. The van der Waals surface area contributed by atoms with Crippen LogP contribution >= 0.6 is 0 Å². The van der Waals surface area contributed by atoms with Crippen LogP contribution in [0.2, 0.25) is 0 Å². The predicted octanol–water partition coefficient (Wildman–Crippen LogP) is 7.91. The highest BCUT2D eigenvalue weighted by molar-refractivity contribution is 5.99. The summed E-state index contributed by atoms with van der Waals surface area (Å²) in [5.41, 5.74) is 2.56. The molecule has 6 heterocycles. The number of nitrogens with zero attached hydrogens (tertiary/aromatic N) is 9. The molecule has 8 rings (SSSR count). The van der Waals surface area contributed by atoms with Crippen LogP contribution in [0.4, 0.5) is 0 Å². The third-order valence-electron chi connectivity index (χ3n) is 10.5. The Hall–Kier alpha value is -5.66. The van der Waals surface area contributed by atoms with E-state index in [4.69, 9.17) is 10.4 Å². The molecule has 0 spiro atoms. The number of carboxylic acid groups (broad SMARTS) is 1. The van der Waals surface area contributed by atoms with Crippen LogP contribution in [0.1, 0.15) is 107 Å². The Morgan fingerprint density at radius 3 is 1.59 bits per heavy atom. The number of hydrogen-bond acceptors (Lipinski definition) is 11. The third-order valence-corrected chi connectivity index (χ3v) is 10.5. The van der Waals surface area contributed by atoms with Crippen LogP contribution in [-0.2, 0) is 0 Å². The minimum absolute atomic E-state index is 0. The Morgan fingerprint density at radius 1 is 0.696 bits per heavy atom. The molecule has 0 bridgehead atoms. The maximum Gasteiger partial charge on any atom is 0.337 e. The third kappa shape index (κ3) is 11.7. The van der Waals surface area contributed by atoms with Crippen LogP contribution in [0.15, 0.2) is 73.8 Å². The number of carbonyl (C=O) groups is 2. The molecular weight excluding hydrogens is 705 g/mol. The summed E-state index contributed by atoms with van der Waals surface area (Å²) < 4.78 is 0. The van der Waals surface area contributed by atoms with Gasteiger partial charge in [0.1, 0.15) is 24.0 Å². The van der Waals surface area contributed by atoms with Crippen molar-refractivity contribution in [3.63, 3.8) is 0 Å². The lowest BCUT2D eigenvalue weighted by Crippen LogP contribution is -2.43. The first-order chi connectivity index (χ1) is 25.8. The Labute approximate surface area is 331 Å². The van der Waals surface area contributed by atoms with Gasteiger partial charge in [-0.05, 0) is 99.8 Å². The number of aromatic nitrogens is 6. The van der Waals surface area contributed by atoms with E-state index in [0.717, 1.165) is 57.0 Å². The second kappa shape index (κ2) is 20.9. The molecule has 4 aromatic heterocycles. The second-order valence-electron chi connectivity index (χ2n) is 14.4. The molecule has 13 nitrogen and oxygen atoms in total. The van der Waals surface area contributed by atoms with Gasteiger partial charge in [-0.3, -0.25) is 14.8 Å². The average Bonchev–Trinajstić information content (AvgIpc) is 4.18. The number of nitriles is 2. The molecular formula is C43H56N10O3. The van der Waals surface area contributed by atoms with Crippen molar-refractivity contribution in [1.29, 1.82) is 10.5 Å². The first-order valence-electron chi connectivity index (χ1n) is 18.3.